The van der Waals surface area contributed by atoms with Gasteiger partial charge in [0.05, 0.1) is 15.9 Å². The molecule has 0 unspecified atom stereocenters. The summed E-state index contributed by atoms with van der Waals surface area (Å²) in [7, 11) is 1.68. The molecule has 0 radical (unpaired) electrons. The minimum Gasteiger partial charge on any atom is -0.381 e. The van der Waals surface area contributed by atoms with Crippen LogP contribution in [-0.2, 0) is 10.7 Å². The first kappa shape index (κ1) is 18.0. The number of amides is 1. The summed E-state index contributed by atoms with van der Waals surface area (Å²) >= 11 is 1.24. The predicted octanol–water partition coefficient (Wildman–Crippen LogP) is 4.07. The maximum absolute atomic E-state index is 13.5. The van der Waals surface area contributed by atoms with E-state index < -0.39 is 11.7 Å². The molecule has 0 saturated carbocycles. The van der Waals surface area contributed by atoms with Crippen LogP contribution in [0.25, 0.3) is 10.6 Å². The van der Waals surface area contributed by atoms with E-state index in [2.05, 4.69) is 5.16 Å². The van der Waals surface area contributed by atoms with E-state index in [0.29, 0.717) is 34.1 Å². The molecule has 1 aliphatic heterocycles. The Kier molecular flexibility index (Phi) is 4.92. The fraction of sp³-hybridized carbons (Fsp3) is 0.529. The van der Waals surface area contributed by atoms with Crippen LogP contribution in [0.4, 0.5) is 8.78 Å². The molecule has 0 aliphatic carbocycles. The Morgan fingerprint density at radius 3 is 2.64 bits per heavy atom. The number of carbonyl (C=O) groups excluding carboxylic acids is 1. The average Bonchev–Trinajstić information content (AvgIpc) is 3.20. The minimum absolute atomic E-state index is 0.0482. The van der Waals surface area contributed by atoms with Crippen molar-refractivity contribution < 1.29 is 22.8 Å². The van der Waals surface area contributed by atoms with Gasteiger partial charge in [0.15, 0.2) is 0 Å². The van der Waals surface area contributed by atoms with Crippen LogP contribution < -0.4 is 0 Å². The number of ether oxygens (including phenoxy) is 1. The Hall–Kier alpha value is -1.80. The van der Waals surface area contributed by atoms with Crippen LogP contribution in [0.1, 0.15) is 40.8 Å². The molecular weight excluding hydrogens is 350 g/mol. The van der Waals surface area contributed by atoms with Gasteiger partial charge in [0, 0.05) is 32.7 Å². The van der Waals surface area contributed by atoms with Crippen LogP contribution in [0.3, 0.4) is 0 Å². The van der Waals surface area contributed by atoms with Gasteiger partial charge >= 0.3 is 5.92 Å². The van der Waals surface area contributed by atoms with Crippen molar-refractivity contribution >= 4 is 17.2 Å². The number of aromatic nitrogens is 1. The number of hydrogen-bond acceptors (Lipinski definition) is 5. The van der Waals surface area contributed by atoms with Gasteiger partial charge in [0.1, 0.15) is 5.69 Å². The molecule has 1 aliphatic rings. The lowest BCUT2D eigenvalue weighted by molar-refractivity contribution is -0.0112. The molecule has 25 heavy (non-hydrogen) atoms. The molecule has 2 aromatic heterocycles. The van der Waals surface area contributed by atoms with E-state index >= 15 is 0 Å². The second-order valence-corrected chi connectivity index (χ2v) is 7.35. The van der Waals surface area contributed by atoms with Gasteiger partial charge in [-0.25, -0.2) is 0 Å². The Labute approximate surface area is 148 Å². The highest BCUT2D eigenvalue weighted by Crippen LogP contribution is 2.37. The van der Waals surface area contributed by atoms with Crippen LogP contribution in [0.5, 0.6) is 0 Å². The summed E-state index contributed by atoms with van der Waals surface area (Å²) in [6.07, 6.45) is 1.84. The summed E-state index contributed by atoms with van der Waals surface area (Å²) < 4.78 is 37.1. The van der Waals surface area contributed by atoms with Gasteiger partial charge in [0.2, 0.25) is 5.76 Å². The molecule has 0 bridgehead atoms. The zero-order valence-corrected chi connectivity index (χ0v) is 15.2. The number of carbonyl (C=O) groups is 1. The Morgan fingerprint density at radius 1 is 1.40 bits per heavy atom. The third-order valence-electron chi connectivity index (χ3n) is 4.44. The third-order valence-corrected chi connectivity index (χ3v) is 5.52. The fourth-order valence-electron chi connectivity index (χ4n) is 3.01. The molecular formula is C17H20F2N2O3S. The summed E-state index contributed by atoms with van der Waals surface area (Å²) in [5.74, 6) is -3.57. The van der Waals surface area contributed by atoms with Crippen molar-refractivity contribution in [1.29, 1.82) is 0 Å². The van der Waals surface area contributed by atoms with Crippen molar-refractivity contribution in [3.8, 4) is 10.6 Å². The molecule has 1 fully saturated rings. The lowest BCUT2D eigenvalue weighted by Crippen LogP contribution is -2.40. The summed E-state index contributed by atoms with van der Waals surface area (Å²) in [6.45, 7) is 3.63. The van der Waals surface area contributed by atoms with Crippen LogP contribution in [0.2, 0.25) is 0 Å². The number of hydrogen-bond donors (Lipinski definition) is 0. The first-order valence-electron chi connectivity index (χ1n) is 8.08. The van der Waals surface area contributed by atoms with Crippen molar-refractivity contribution in [1.82, 2.24) is 10.1 Å². The van der Waals surface area contributed by atoms with Gasteiger partial charge in [-0.05, 0) is 31.9 Å². The van der Waals surface area contributed by atoms with E-state index in [1.165, 1.54) is 11.3 Å². The highest BCUT2D eigenvalue weighted by molar-refractivity contribution is 7.17. The average molecular weight is 370 g/mol. The fourth-order valence-corrected chi connectivity index (χ4v) is 4.02. The van der Waals surface area contributed by atoms with Crippen molar-refractivity contribution in [3.63, 3.8) is 0 Å². The number of nitrogens with zero attached hydrogens (tertiary/aromatic N) is 2. The van der Waals surface area contributed by atoms with E-state index in [4.69, 9.17) is 9.26 Å². The maximum atomic E-state index is 13.5. The number of likely N-dealkylation sites (tertiary alicyclic amines) is 1. The van der Waals surface area contributed by atoms with Gasteiger partial charge in [-0.15, -0.1) is 11.3 Å². The minimum atomic E-state index is -3.09. The van der Waals surface area contributed by atoms with Crippen molar-refractivity contribution in [2.45, 2.75) is 38.7 Å². The monoisotopic (exact) mass is 370 g/mol. The highest BCUT2D eigenvalue weighted by Gasteiger charge is 2.34. The second kappa shape index (κ2) is 6.84. The molecule has 3 heterocycles. The van der Waals surface area contributed by atoms with Gasteiger partial charge in [-0.1, -0.05) is 5.16 Å². The second-order valence-electron chi connectivity index (χ2n) is 6.26. The molecule has 0 N–H and O–H groups in total. The standard InChI is InChI=1S/C17H20F2N2O3S/c1-10-14(20-24-15(10)17(2,18)19)12-4-5-13(25-12)16(22)21-8-6-11(23-3)7-9-21/h4-5,11H,6-9H2,1-3H3. The number of alkyl halides is 2. The Bertz CT molecular complexity index is 758. The maximum Gasteiger partial charge on any atom is 0.304 e. The smallest absolute Gasteiger partial charge is 0.304 e. The first-order valence-corrected chi connectivity index (χ1v) is 8.89. The van der Waals surface area contributed by atoms with Crippen molar-refractivity contribution in [2.24, 2.45) is 0 Å². The van der Waals surface area contributed by atoms with Crippen LogP contribution >= 0.6 is 11.3 Å². The predicted molar refractivity (Wildman–Crippen MR) is 90.1 cm³/mol. The molecule has 0 aromatic carbocycles. The molecule has 136 valence electrons. The molecule has 0 atom stereocenters. The Morgan fingerprint density at radius 2 is 2.08 bits per heavy atom. The number of methoxy groups -OCH3 is 1. The van der Waals surface area contributed by atoms with Gasteiger partial charge < -0.3 is 14.2 Å². The zero-order chi connectivity index (χ0) is 18.2. The van der Waals surface area contributed by atoms with E-state index in [-0.39, 0.29) is 12.0 Å². The normalized spacial score (nSPS) is 16.4. The third kappa shape index (κ3) is 3.59. The van der Waals surface area contributed by atoms with E-state index in [0.717, 1.165) is 19.8 Å². The topological polar surface area (TPSA) is 55.6 Å². The lowest BCUT2D eigenvalue weighted by atomic mass is 10.1. The lowest BCUT2D eigenvalue weighted by Gasteiger charge is -2.30. The van der Waals surface area contributed by atoms with Gasteiger partial charge in [0.25, 0.3) is 5.91 Å². The van der Waals surface area contributed by atoms with E-state index in [1.807, 2.05) is 0 Å². The number of rotatable bonds is 4. The Balaban J connectivity index is 1.77. The SMILES string of the molecule is COC1CCN(C(=O)c2ccc(-c3noc(C(C)(F)F)c3C)s2)CC1. The zero-order valence-electron chi connectivity index (χ0n) is 14.3. The quantitative estimate of drug-likeness (QED) is 0.814. The number of piperidine rings is 1. The summed E-state index contributed by atoms with van der Waals surface area (Å²) in [6, 6.07) is 3.44. The molecule has 2 aromatic rings. The summed E-state index contributed by atoms with van der Waals surface area (Å²) in [4.78, 5) is 15.6. The van der Waals surface area contributed by atoms with Crippen LogP contribution in [0, 0.1) is 6.92 Å². The number of thiophene rings is 1. The molecule has 8 heteroatoms. The highest BCUT2D eigenvalue weighted by atomic mass is 32.1. The molecule has 5 nitrogen and oxygen atoms in total. The summed E-state index contributed by atoms with van der Waals surface area (Å²) in [5, 5.41) is 3.77. The largest absolute Gasteiger partial charge is 0.381 e. The summed E-state index contributed by atoms with van der Waals surface area (Å²) in [5.41, 5.74) is 0.660. The molecule has 1 saturated heterocycles. The molecule has 3 rings (SSSR count). The molecule has 1 amide bonds. The van der Waals surface area contributed by atoms with Gasteiger partial charge in [-0.2, -0.15) is 8.78 Å². The van der Waals surface area contributed by atoms with Crippen molar-refractivity contribution in [2.75, 3.05) is 20.2 Å². The van der Waals surface area contributed by atoms with Crippen LogP contribution in [-0.4, -0.2) is 42.3 Å². The van der Waals surface area contributed by atoms with Crippen molar-refractivity contribution in [3.05, 3.63) is 28.3 Å². The van der Waals surface area contributed by atoms with E-state index in [9.17, 15) is 13.6 Å². The number of halogens is 2. The first-order chi connectivity index (χ1) is 11.8. The van der Waals surface area contributed by atoms with E-state index in [1.54, 1.807) is 31.1 Å². The van der Waals surface area contributed by atoms with Crippen LogP contribution in [0.15, 0.2) is 16.7 Å². The van der Waals surface area contributed by atoms with Gasteiger partial charge in [-0.3, -0.25) is 4.79 Å². The molecule has 0 spiro atoms.